The zero-order valence-electron chi connectivity index (χ0n) is 7.79. The Bertz CT molecular complexity index is 255. The van der Waals surface area contributed by atoms with Gasteiger partial charge in [-0.05, 0) is 12.8 Å². The summed E-state index contributed by atoms with van der Waals surface area (Å²) in [5.74, 6) is 0.551. The molecule has 0 aliphatic carbocycles. The largest absolute Gasteiger partial charge is 0.396 e. The fourth-order valence-electron chi connectivity index (χ4n) is 1.20. The van der Waals surface area contributed by atoms with Gasteiger partial charge in [0.15, 0.2) is 0 Å². The molecule has 0 aliphatic heterocycles. The van der Waals surface area contributed by atoms with Crippen molar-refractivity contribution in [2.45, 2.75) is 33.1 Å². The Morgan fingerprint density at radius 3 is 2.58 bits per heavy atom. The van der Waals surface area contributed by atoms with Crippen molar-refractivity contribution in [1.82, 2.24) is 4.98 Å². The highest BCUT2D eigenvalue weighted by molar-refractivity contribution is 7.11. The number of nitrogens with zero attached hydrogens (tertiary/aromatic N) is 1. The molecule has 3 heteroatoms. The maximum Gasteiger partial charge on any atom is 0.0953 e. The van der Waals surface area contributed by atoms with Gasteiger partial charge in [-0.2, -0.15) is 0 Å². The molecule has 1 N–H and O–H groups in total. The average Bonchev–Trinajstić information content (AvgIpc) is 2.32. The van der Waals surface area contributed by atoms with Crippen LogP contribution in [0.3, 0.4) is 0 Å². The smallest absolute Gasteiger partial charge is 0.0953 e. The Hall–Kier alpha value is -0.410. The summed E-state index contributed by atoms with van der Waals surface area (Å²) >= 11 is 1.72. The summed E-state index contributed by atoms with van der Waals surface area (Å²) in [6, 6.07) is 0. The molecule has 0 aliphatic rings. The van der Waals surface area contributed by atoms with E-state index in [-0.39, 0.29) is 6.61 Å². The van der Waals surface area contributed by atoms with E-state index >= 15 is 0 Å². The van der Waals surface area contributed by atoms with E-state index in [4.69, 9.17) is 5.11 Å². The van der Waals surface area contributed by atoms with Gasteiger partial charge in [0.05, 0.1) is 10.7 Å². The Kier molecular flexibility index (Phi) is 3.23. The topological polar surface area (TPSA) is 33.1 Å². The van der Waals surface area contributed by atoms with Gasteiger partial charge in [-0.3, -0.25) is 0 Å². The quantitative estimate of drug-likeness (QED) is 0.782. The van der Waals surface area contributed by atoms with Gasteiger partial charge >= 0.3 is 0 Å². The molecule has 0 aromatic carbocycles. The van der Waals surface area contributed by atoms with E-state index in [2.05, 4.69) is 18.8 Å². The minimum atomic E-state index is 0.199. The van der Waals surface area contributed by atoms with Crippen molar-refractivity contribution in [3.63, 3.8) is 0 Å². The lowest BCUT2D eigenvalue weighted by molar-refractivity contribution is 0.299. The third-order valence-corrected chi connectivity index (χ3v) is 3.24. The van der Waals surface area contributed by atoms with E-state index in [9.17, 15) is 0 Å². The Morgan fingerprint density at radius 1 is 1.50 bits per heavy atom. The van der Waals surface area contributed by atoms with Crippen molar-refractivity contribution in [2.75, 3.05) is 6.61 Å². The molecule has 68 valence electrons. The third-order valence-electron chi connectivity index (χ3n) is 1.73. The number of aliphatic hydroxyl groups is 1. The van der Waals surface area contributed by atoms with Crippen LogP contribution >= 0.6 is 11.3 Å². The molecule has 1 aromatic heterocycles. The first-order valence-corrected chi connectivity index (χ1v) is 5.04. The number of rotatable bonds is 3. The fraction of sp³-hybridized carbons (Fsp3) is 0.667. The zero-order chi connectivity index (χ0) is 9.14. The maximum absolute atomic E-state index is 8.73. The molecule has 0 radical (unpaired) electrons. The second-order valence-corrected chi connectivity index (χ2v) is 4.30. The molecule has 1 rings (SSSR count). The summed E-state index contributed by atoms with van der Waals surface area (Å²) in [6.45, 7) is 6.57. The summed E-state index contributed by atoms with van der Waals surface area (Å²) in [6.07, 6.45) is 0.693. The van der Waals surface area contributed by atoms with E-state index in [0.29, 0.717) is 12.3 Å². The predicted octanol–water partition coefficient (Wildman–Crippen LogP) is 2.11. The highest BCUT2D eigenvalue weighted by atomic mass is 32.1. The van der Waals surface area contributed by atoms with E-state index in [1.807, 2.05) is 6.92 Å². The Morgan fingerprint density at radius 2 is 2.17 bits per heavy atom. The summed E-state index contributed by atoms with van der Waals surface area (Å²) in [4.78, 5) is 5.73. The standard InChI is InChI=1S/C9H15NOS/c1-6(2)9-7(3)10-8(12-9)4-5-11/h6,11H,4-5H2,1-3H3. The number of aliphatic hydroxyl groups excluding tert-OH is 1. The summed E-state index contributed by atoms with van der Waals surface area (Å²) < 4.78 is 0. The lowest BCUT2D eigenvalue weighted by Gasteiger charge is -1.99. The Balaban J connectivity index is 2.85. The number of aromatic nitrogens is 1. The first-order chi connectivity index (χ1) is 5.65. The van der Waals surface area contributed by atoms with Gasteiger partial charge in [-0.1, -0.05) is 13.8 Å². The molecule has 0 spiro atoms. The summed E-state index contributed by atoms with van der Waals surface area (Å²) in [5.41, 5.74) is 1.12. The maximum atomic E-state index is 8.73. The van der Waals surface area contributed by atoms with Crippen LogP contribution in [0.4, 0.5) is 0 Å². The third kappa shape index (κ3) is 2.05. The van der Waals surface area contributed by atoms with E-state index < -0.39 is 0 Å². The van der Waals surface area contributed by atoms with Crippen LogP contribution in [0.2, 0.25) is 0 Å². The van der Waals surface area contributed by atoms with Crippen LogP contribution in [0.25, 0.3) is 0 Å². The van der Waals surface area contributed by atoms with Crippen molar-refractivity contribution < 1.29 is 5.11 Å². The normalized spacial score (nSPS) is 11.1. The molecule has 0 unspecified atom stereocenters. The highest BCUT2D eigenvalue weighted by Crippen LogP contribution is 2.25. The molecule has 1 heterocycles. The SMILES string of the molecule is Cc1nc(CCO)sc1C(C)C. The van der Waals surface area contributed by atoms with Crippen LogP contribution < -0.4 is 0 Å². The summed E-state index contributed by atoms with van der Waals surface area (Å²) in [5, 5.41) is 9.78. The Labute approximate surface area is 77.3 Å². The van der Waals surface area contributed by atoms with E-state index in [1.165, 1.54) is 4.88 Å². The lowest BCUT2D eigenvalue weighted by atomic mass is 10.1. The van der Waals surface area contributed by atoms with Crippen LogP contribution in [0, 0.1) is 6.92 Å². The molecule has 0 fully saturated rings. The molecule has 0 atom stereocenters. The molecular weight excluding hydrogens is 170 g/mol. The monoisotopic (exact) mass is 185 g/mol. The summed E-state index contributed by atoms with van der Waals surface area (Å²) in [7, 11) is 0. The molecule has 1 aromatic rings. The van der Waals surface area contributed by atoms with Crippen molar-refractivity contribution >= 4 is 11.3 Å². The van der Waals surface area contributed by atoms with Crippen LogP contribution in [0.1, 0.15) is 35.3 Å². The average molecular weight is 185 g/mol. The zero-order valence-corrected chi connectivity index (χ0v) is 8.61. The van der Waals surface area contributed by atoms with Crippen LogP contribution in [-0.4, -0.2) is 16.7 Å². The highest BCUT2D eigenvalue weighted by Gasteiger charge is 2.09. The van der Waals surface area contributed by atoms with Crippen molar-refractivity contribution in [3.8, 4) is 0 Å². The van der Waals surface area contributed by atoms with Gasteiger partial charge < -0.3 is 5.11 Å². The minimum absolute atomic E-state index is 0.199. The first-order valence-electron chi connectivity index (χ1n) is 4.22. The van der Waals surface area contributed by atoms with Gasteiger partial charge in [0.2, 0.25) is 0 Å². The molecule has 12 heavy (non-hydrogen) atoms. The molecule has 0 saturated heterocycles. The van der Waals surface area contributed by atoms with E-state index in [1.54, 1.807) is 11.3 Å². The van der Waals surface area contributed by atoms with E-state index in [0.717, 1.165) is 10.7 Å². The molecular formula is C9H15NOS. The van der Waals surface area contributed by atoms with Crippen LogP contribution in [-0.2, 0) is 6.42 Å². The van der Waals surface area contributed by atoms with Gasteiger partial charge in [0.1, 0.15) is 0 Å². The van der Waals surface area contributed by atoms with Crippen molar-refractivity contribution in [3.05, 3.63) is 15.6 Å². The van der Waals surface area contributed by atoms with Gasteiger partial charge in [0.25, 0.3) is 0 Å². The number of aryl methyl sites for hydroxylation is 1. The van der Waals surface area contributed by atoms with Crippen LogP contribution in [0.5, 0.6) is 0 Å². The van der Waals surface area contributed by atoms with Crippen molar-refractivity contribution in [2.24, 2.45) is 0 Å². The molecule has 0 amide bonds. The predicted molar refractivity (Wildman–Crippen MR) is 51.7 cm³/mol. The lowest BCUT2D eigenvalue weighted by Crippen LogP contribution is -1.88. The molecule has 2 nitrogen and oxygen atoms in total. The van der Waals surface area contributed by atoms with Crippen LogP contribution in [0.15, 0.2) is 0 Å². The van der Waals surface area contributed by atoms with Gasteiger partial charge in [-0.25, -0.2) is 4.98 Å². The number of hydrogen-bond acceptors (Lipinski definition) is 3. The number of thiazole rings is 1. The molecule has 0 bridgehead atoms. The second kappa shape index (κ2) is 4.01. The molecule has 0 saturated carbocycles. The second-order valence-electron chi connectivity index (χ2n) is 3.19. The minimum Gasteiger partial charge on any atom is -0.396 e. The van der Waals surface area contributed by atoms with Gasteiger partial charge in [0, 0.05) is 17.9 Å². The fourth-order valence-corrected chi connectivity index (χ4v) is 2.26. The number of hydrogen-bond donors (Lipinski definition) is 1. The first kappa shape index (κ1) is 9.68. The van der Waals surface area contributed by atoms with Crippen molar-refractivity contribution in [1.29, 1.82) is 0 Å². The van der Waals surface area contributed by atoms with Gasteiger partial charge in [-0.15, -0.1) is 11.3 Å².